The van der Waals surface area contributed by atoms with Crippen LogP contribution in [0.15, 0.2) is 0 Å². The molecule has 1 rings (SSSR count). The number of likely N-dealkylation sites (N-methyl/N-ethyl adjacent to an activating group) is 2. The average molecular weight is 172 g/mol. The van der Waals surface area contributed by atoms with E-state index in [2.05, 4.69) is 10.2 Å². The Morgan fingerprint density at radius 1 is 1.67 bits per heavy atom. The Morgan fingerprint density at radius 2 is 2.33 bits per heavy atom. The van der Waals surface area contributed by atoms with Crippen LogP contribution < -0.4 is 5.32 Å². The lowest BCUT2D eigenvalue weighted by molar-refractivity contribution is -0.144. The first-order valence-corrected chi connectivity index (χ1v) is 4.23. The van der Waals surface area contributed by atoms with Crippen molar-refractivity contribution in [1.82, 2.24) is 10.2 Å². The second kappa shape index (κ2) is 3.87. The number of aliphatic carboxylic acids is 1. The van der Waals surface area contributed by atoms with E-state index < -0.39 is 5.97 Å². The van der Waals surface area contributed by atoms with Crippen LogP contribution in [-0.4, -0.2) is 49.2 Å². The molecule has 0 saturated carbocycles. The Kier molecular flexibility index (Phi) is 3.05. The van der Waals surface area contributed by atoms with Gasteiger partial charge in [-0.05, 0) is 27.1 Å². The number of hydrogen-bond acceptors (Lipinski definition) is 3. The zero-order chi connectivity index (χ0) is 9.14. The fourth-order valence-corrected chi connectivity index (χ4v) is 1.70. The van der Waals surface area contributed by atoms with Crippen molar-refractivity contribution in [1.29, 1.82) is 0 Å². The molecule has 2 N–H and O–H groups in total. The summed E-state index contributed by atoms with van der Waals surface area (Å²) in [6, 6.07) is 0.0984. The fraction of sp³-hybridized carbons (Fsp3) is 0.875. The van der Waals surface area contributed by atoms with E-state index in [0.717, 1.165) is 19.5 Å². The minimum Gasteiger partial charge on any atom is -0.481 e. The summed E-state index contributed by atoms with van der Waals surface area (Å²) in [7, 11) is 3.84. The highest BCUT2D eigenvalue weighted by Crippen LogP contribution is 2.16. The van der Waals surface area contributed by atoms with Gasteiger partial charge in [-0.1, -0.05) is 0 Å². The minimum absolute atomic E-state index is 0.0984. The fourth-order valence-electron chi connectivity index (χ4n) is 1.70. The molecule has 1 aliphatic heterocycles. The number of carboxylic acid groups (broad SMARTS) is 1. The van der Waals surface area contributed by atoms with Crippen molar-refractivity contribution < 1.29 is 9.90 Å². The number of likely N-dealkylation sites (tertiary alicyclic amines) is 1. The number of carbonyl (C=O) groups is 1. The number of nitrogens with zero attached hydrogens (tertiary/aromatic N) is 1. The van der Waals surface area contributed by atoms with Gasteiger partial charge >= 0.3 is 5.97 Å². The van der Waals surface area contributed by atoms with Gasteiger partial charge in [0.1, 0.15) is 0 Å². The van der Waals surface area contributed by atoms with Crippen LogP contribution >= 0.6 is 0 Å². The van der Waals surface area contributed by atoms with Crippen LogP contribution in [-0.2, 0) is 4.79 Å². The van der Waals surface area contributed by atoms with Gasteiger partial charge in [-0.25, -0.2) is 0 Å². The first kappa shape index (κ1) is 9.48. The molecule has 1 heterocycles. The lowest BCUT2D eigenvalue weighted by atomic mass is 9.92. The van der Waals surface area contributed by atoms with Gasteiger partial charge in [0.25, 0.3) is 0 Å². The normalized spacial score (nSPS) is 31.8. The van der Waals surface area contributed by atoms with Gasteiger partial charge in [-0.3, -0.25) is 4.79 Å². The molecule has 0 aromatic rings. The Labute approximate surface area is 72.6 Å². The first-order valence-electron chi connectivity index (χ1n) is 4.23. The summed E-state index contributed by atoms with van der Waals surface area (Å²) in [5.41, 5.74) is 0. The minimum atomic E-state index is -0.678. The highest BCUT2D eigenvalue weighted by molar-refractivity contribution is 5.71. The second-order valence-corrected chi connectivity index (χ2v) is 3.39. The summed E-state index contributed by atoms with van der Waals surface area (Å²) in [6.45, 7) is 1.71. The predicted octanol–water partition coefficient (Wildman–Crippen LogP) is -0.389. The molecule has 1 fully saturated rings. The van der Waals surface area contributed by atoms with E-state index in [1.807, 2.05) is 14.1 Å². The largest absolute Gasteiger partial charge is 0.481 e. The summed E-state index contributed by atoms with van der Waals surface area (Å²) in [5, 5.41) is 11.9. The maximum atomic E-state index is 10.8. The van der Waals surface area contributed by atoms with E-state index in [1.54, 1.807) is 0 Å². The number of piperidine rings is 1. The SMILES string of the molecule is CNC1CN(C)CCC1C(=O)O. The van der Waals surface area contributed by atoms with Crippen LogP contribution in [0.1, 0.15) is 6.42 Å². The topological polar surface area (TPSA) is 52.6 Å². The van der Waals surface area contributed by atoms with E-state index in [4.69, 9.17) is 5.11 Å². The van der Waals surface area contributed by atoms with Gasteiger partial charge in [0.05, 0.1) is 5.92 Å². The average Bonchev–Trinajstić information content (AvgIpc) is 2.03. The van der Waals surface area contributed by atoms with Crippen molar-refractivity contribution in [3.8, 4) is 0 Å². The zero-order valence-electron chi connectivity index (χ0n) is 7.58. The molecule has 4 nitrogen and oxygen atoms in total. The van der Waals surface area contributed by atoms with Crippen LogP contribution in [0.25, 0.3) is 0 Å². The van der Waals surface area contributed by atoms with Gasteiger partial charge in [-0.2, -0.15) is 0 Å². The smallest absolute Gasteiger partial charge is 0.308 e. The van der Waals surface area contributed by atoms with Crippen molar-refractivity contribution in [2.75, 3.05) is 27.2 Å². The molecule has 0 bridgehead atoms. The molecule has 70 valence electrons. The molecule has 0 aromatic carbocycles. The number of rotatable bonds is 2. The van der Waals surface area contributed by atoms with E-state index in [9.17, 15) is 4.79 Å². The quantitative estimate of drug-likeness (QED) is 0.595. The lowest BCUT2D eigenvalue weighted by Gasteiger charge is -2.34. The molecule has 4 heteroatoms. The van der Waals surface area contributed by atoms with Crippen molar-refractivity contribution >= 4 is 5.97 Å². The molecule has 0 aromatic heterocycles. The maximum Gasteiger partial charge on any atom is 0.308 e. The number of hydrogen-bond donors (Lipinski definition) is 2. The van der Waals surface area contributed by atoms with E-state index >= 15 is 0 Å². The second-order valence-electron chi connectivity index (χ2n) is 3.39. The molecule has 1 aliphatic rings. The van der Waals surface area contributed by atoms with Crippen molar-refractivity contribution in [3.05, 3.63) is 0 Å². The standard InChI is InChI=1S/C8H16N2O2/c1-9-7-5-10(2)4-3-6(7)8(11)12/h6-7,9H,3-5H2,1-2H3,(H,11,12). The van der Waals surface area contributed by atoms with Gasteiger partial charge in [0, 0.05) is 12.6 Å². The maximum absolute atomic E-state index is 10.8. The molecule has 1 saturated heterocycles. The monoisotopic (exact) mass is 172 g/mol. The molecule has 0 radical (unpaired) electrons. The van der Waals surface area contributed by atoms with Gasteiger partial charge in [0.15, 0.2) is 0 Å². The highest BCUT2D eigenvalue weighted by atomic mass is 16.4. The van der Waals surface area contributed by atoms with E-state index in [-0.39, 0.29) is 12.0 Å². The molecule has 0 amide bonds. The zero-order valence-corrected chi connectivity index (χ0v) is 7.58. The Hall–Kier alpha value is -0.610. The molecule has 2 unspecified atom stereocenters. The van der Waals surface area contributed by atoms with Gasteiger partial charge < -0.3 is 15.3 Å². The van der Waals surface area contributed by atoms with Crippen molar-refractivity contribution in [3.63, 3.8) is 0 Å². The van der Waals surface area contributed by atoms with Crippen LogP contribution in [0.5, 0.6) is 0 Å². The lowest BCUT2D eigenvalue weighted by Crippen LogP contribution is -2.50. The molecule has 0 aliphatic carbocycles. The molecule has 0 spiro atoms. The number of nitrogens with one attached hydrogen (secondary N) is 1. The van der Waals surface area contributed by atoms with Gasteiger partial charge in [0.2, 0.25) is 0 Å². The summed E-state index contributed by atoms with van der Waals surface area (Å²) < 4.78 is 0. The van der Waals surface area contributed by atoms with Crippen molar-refractivity contribution in [2.45, 2.75) is 12.5 Å². The summed E-state index contributed by atoms with van der Waals surface area (Å²) in [6.07, 6.45) is 0.747. The molecular weight excluding hydrogens is 156 g/mol. The molecular formula is C8H16N2O2. The Balaban J connectivity index is 2.56. The molecule has 12 heavy (non-hydrogen) atoms. The van der Waals surface area contributed by atoms with Crippen LogP contribution in [0.4, 0.5) is 0 Å². The third-order valence-corrected chi connectivity index (χ3v) is 2.50. The summed E-state index contributed by atoms with van der Waals surface area (Å²) in [5.74, 6) is -0.895. The van der Waals surface area contributed by atoms with Crippen LogP contribution in [0.3, 0.4) is 0 Å². The predicted molar refractivity (Wildman–Crippen MR) is 46.1 cm³/mol. The van der Waals surface area contributed by atoms with E-state index in [0.29, 0.717) is 0 Å². The summed E-state index contributed by atoms with van der Waals surface area (Å²) in [4.78, 5) is 12.9. The van der Waals surface area contributed by atoms with Crippen LogP contribution in [0.2, 0.25) is 0 Å². The Bertz CT molecular complexity index is 172. The highest BCUT2D eigenvalue weighted by Gasteiger charge is 2.31. The number of carboxylic acids is 1. The molecule has 2 atom stereocenters. The van der Waals surface area contributed by atoms with Crippen LogP contribution in [0, 0.1) is 5.92 Å². The summed E-state index contributed by atoms with van der Waals surface area (Å²) >= 11 is 0. The van der Waals surface area contributed by atoms with Crippen molar-refractivity contribution in [2.24, 2.45) is 5.92 Å². The third-order valence-electron chi connectivity index (χ3n) is 2.50. The first-order chi connectivity index (χ1) is 5.65. The third kappa shape index (κ3) is 1.95. The van der Waals surface area contributed by atoms with E-state index in [1.165, 1.54) is 0 Å². The van der Waals surface area contributed by atoms with Gasteiger partial charge in [-0.15, -0.1) is 0 Å². The Morgan fingerprint density at radius 3 is 2.83 bits per heavy atom.